The Morgan fingerprint density at radius 3 is 0.694 bits per heavy atom. The lowest BCUT2D eigenvalue weighted by atomic mass is 9.94. The number of fused-ring (bicyclic) bond motifs is 24. The van der Waals surface area contributed by atoms with Gasteiger partial charge in [-0.1, -0.05) is 186 Å². The molecule has 6 aromatic heterocycles. The number of aromatic nitrogens is 6. The molecule has 108 heavy (non-hydrogen) atoms. The third-order valence-corrected chi connectivity index (χ3v) is 29.9. The summed E-state index contributed by atoms with van der Waals surface area (Å²) in [7, 11) is 13.2. The predicted molar refractivity (Wildman–Crippen MR) is 466 cm³/mol. The Balaban J connectivity index is 0.816. The van der Waals surface area contributed by atoms with Gasteiger partial charge in [0.2, 0.25) is 0 Å². The summed E-state index contributed by atoms with van der Waals surface area (Å²) in [5.74, 6) is 0. The minimum Gasteiger partial charge on any atom is -0.347 e. The first-order valence-corrected chi connectivity index (χ1v) is 41.6. The molecule has 6 heterocycles. The van der Waals surface area contributed by atoms with E-state index >= 15 is 0 Å². The molecule has 0 radical (unpaired) electrons. The maximum absolute atomic E-state index is 2.60. The van der Waals surface area contributed by atoms with E-state index in [4.69, 9.17) is 0 Å². The summed E-state index contributed by atoms with van der Waals surface area (Å²) in [6, 6.07) is 104. The van der Waals surface area contributed by atoms with E-state index in [2.05, 4.69) is 349 Å². The molecular weight excluding hydrogens is 1430 g/mol. The van der Waals surface area contributed by atoms with Gasteiger partial charge in [0.1, 0.15) is 0 Å². The van der Waals surface area contributed by atoms with Crippen LogP contribution in [0, 0.1) is 0 Å². The van der Waals surface area contributed by atoms with Crippen LogP contribution in [-0.2, 0) is 55.1 Å². The van der Waals surface area contributed by atoms with Crippen LogP contribution in [0.25, 0.3) is 152 Å². The van der Waals surface area contributed by atoms with Gasteiger partial charge in [-0.05, 0) is 207 Å². The highest BCUT2D eigenvalue weighted by molar-refractivity contribution is 8.05. The maximum Gasteiger partial charge on any atom is 0.0489 e. The number of aryl methyl sites for hydroxylation is 6. The fraction of sp³-hybridized carbons (Fsp3) is 0.0833. The topological polar surface area (TPSA) is 29.6 Å². The molecule has 22 rings (SSSR count). The Morgan fingerprint density at radius 2 is 0.426 bits per heavy atom. The van der Waals surface area contributed by atoms with Gasteiger partial charge >= 0.3 is 0 Å². The zero-order valence-electron chi connectivity index (χ0n) is 60.1. The molecule has 12 heteroatoms. The van der Waals surface area contributed by atoms with Gasteiger partial charge in [-0.2, -0.15) is 0 Å². The molecule has 0 N–H and O–H groups in total. The lowest BCUT2D eigenvalue weighted by molar-refractivity contribution is 0.862. The van der Waals surface area contributed by atoms with Gasteiger partial charge in [-0.25, -0.2) is 0 Å². The molecule has 15 aromatic carbocycles. The summed E-state index contributed by atoms with van der Waals surface area (Å²) in [6.45, 7) is 0. The number of para-hydroxylation sites is 6. The minimum atomic E-state index is 0.871. The summed E-state index contributed by atoms with van der Waals surface area (Å²) in [5.41, 5.74) is 16.5. The lowest BCUT2D eigenvalue weighted by Crippen LogP contribution is -2.04. The second-order valence-electron chi connectivity index (χ2n) is 29.0. The van der Waals surface area contributed by atoms with Crippen molar-refractivity contribution < 1.29 is 0 Å². The van der Waals surface area contributed by atoms with Crippen LogP contribution in [0.15, 0.2) is 338 Å². The van der Waals surface area contributed by atoms with Crippen molar-refractivity contribution in [2.75, 3.05) is 0 Å². The Labute approximate surface area is 649 Å². The summed E-state index contributed by atoms with van der Waals surface area (Å²) >= 11 is 11.4. The van der Waals surface area contributed by atoms with Crippen molar-refractivity contribution >= 4 is 223 Å². The van der Waals surface area contributed by atoms with Crippen molar-refractivity contribution in [3.05, 3.63) is 295 Å². The first-order chi connectivity index (χ1) is 53.0. The minimum absolute atomic E-state index is 0.871. The van der Waals surface area contributed by atoms with Gasteiger partial charge in [0.05, 0.1) is 0 Å². The molecule has 1 aliphatic carbocycles. The van der Waals surface area contributed by atoms with E-state index in [0.717, 1.165) is 12.8 Å². The molecule has 0 fully saturated rings. The molecule has 0 bridgehead atoms. The molecule has 21 aromatic rings. The van der Waals surface area contributed by atoms with Gasteiger partial charge in [-0.3, -0.25) is 0 Å². The van der Waals surface area contributed by atoms with Gasteiger partial charge in [0.25, 0.3) is 0 Å². The molecule has 0 unspecified atom stereocenters. The van der Waals surface area contributed by atoms with Crippen LogP contribution >= 0.6 is 70.6 Å². The molecule has 0 atom stereocenters. The third-order valence-electron chi connectivity index (χ3n) is 23.1. The van der Waals surface area contributed by atoms with Crippen molar-refractivity contribution in [1.29, 1.82) is 0 Å². The third kappa shape index (κ3) is 10.2. The normalized spacial score (nSPS) is 12.9. The van der Waals surface area contributed by atoms with Gasteiger partial charge in [-0.15, -0.1) is 0 Å². The fourth-order valence-corrected chi connectivity index (χ4v) is 24.1. The zero-order chi connectivity index (χ0) is 71.9. The van der Waals surface area contributed by atoms with E-state index in [9.17, 15) is 0 Å². The van der Waals surface area contributed by atoms with Gasteiger partial charge in [0.15, 0.2) is 0 Å². The van der Waals surface area contributed by atoms with Crippen molar-refractivity contribution in [2.45, 2.75) is 66.7 Å². The summed E-state index contributed by atoms with van der Waals surface area (Å²) in [4.78, 5) is 14.8. The molecule has 518 valence electrons. The SMILES string of the molecule is Cn1c2c(c3ccccc31)CC(Sc1cc3c(cc1Sc1ccc4c(c1)c1ccccc1n4C)c1cc(Sc4ccc5c(c4)c4ccccc4n5C)c(Sc4ccc5c(c4)c4ccccc4n5C)cc1c1cc(Sc4ccc5c(c4)c4ccccc4n5C)c(Sc4ccc5c(c4)c4ccccc4n5C)cc31)=CC2. The predicted octanol–water partition coefficient (Wildman–Crippen LogP) is 27.4. The van der Waals surface area contributed by atoms with Crippen LogP contribution in [-0.4, -0.2) is 27.4 Å². The van der Waals surface area contributed by atoms with Crippen LogP contribution in [0.3, 0.4) is 0 Å². The summed E-state index contributed by atoms with van der Waals surface area (Å²) in [6.07, 6.45) is 4.27. The Morgan fingerprint density at radius 1 is 0.204 bits per heavy atom. The number of thioether (sulfide) groups is 1. The van der Waals surface area contributed by atoms with E-state index in [1.165, 1.54) is 222 Å². The molecule has 6 nitrogen and oxygen atoms in total. The second-order valence-corrected chi connectivity index (χ2v) is 35.7. The monoisotopic (exact) mass is 1500 g/mol. The van der Waals surface area contributed by atoms with Crippen LogP contribution in [0.5, 0.6) is 0 Å². The van der Waals surface area contributed by atoms with E-state index in [-0.39, 0.29) is 0 Å². The van der Waals surface area contributed by atoms with Crippen molar-refractivity contribution in [1.82, 2.24) is 27.4 Å². The zero-order valence-corrected chi connectivity index (χ0v) is 65.0. The van der Waals surface area contributed by atoms with Crippen molar-refractivity contribution in [3.8, 4) is 0 Å². The molecule has 0 saturated heterocycles. The number of hydrogen-bond acceptors (Lipinski definition) is 6. The smallest absolute Gasteiger partial charge is 0.0489 e. The van der Waals surface area contributed by atoms with E-state index in [1.54, 1.807) is 0 Å². The number of allylic oxidation sites excluding steroid dienone is 2. The highest BCUT2D eigenvalue weighted by Gasteiger charge is 2.26. The lowest BCUT2D eigenvalue weighted by Gasteiger charge is -2.21. The Bertz CT molecular complexity index is 7380. The van der Waals surface area contributed by atoms with E-state index in [0.29, 0.717) is 0 Å². The average Bonchev–Trinajstić information content (AvgIpc) is 1.17. The number of benzene rings is 15. The maximum atomic E-state index is 2.60. The summed E-state index contributed by atoms with van der Waals surface area (Å²) < 4.78 is 14.1. The first-order valence-electron chi connectivity index (χ1n) is 36.7. The van der Waals surface area contributed by atoms with E-state index < -0.39 is 0 Å². The number of rotatable bonds is 12. The number of nitrogens with zero attached hydrogens (tertiary/aromatic N) is 6. The molecular formula is C96H68N6S6. The van der Waals surface area contributed by atoms with Gasteiger partial charge < -0.3 is 27.4 Å². The fourth-order valence-electron chi connectivity index (χ4n) is 17.8. The second kappa shape index (κ2) is 25.0. The van der Waals surface area contributed by atoms with Crippen molar-refractivity contribution in [3.63, 3.8) is 0 Å². The van der Waals surface area contributed by atoms with Crippen LogP contribution in [0.1, 0.15) is 11.3 Å². The highest BCUT2D eigenvalue weighted by Crippen LogP contribution is 2.53. The Kier molecular flexibility index (Phi) is 15.0. The molecule has 0 saturated carbocycles. The quantitative estimate of drug-likeness (QED) is 0.113. The molecule has 0 amide bonds. The van der Waals surface area contributed by atoms with Crippen LogP contribution in [0.2, 0.25) is 0 Å². The largest absolute Gasteiger partial charge is 0.347 e. The van der Waals surface area contributed by atoms with Crippen LogP contribution in [0.4, 0.5) is 0 Å². The molecule has 0 spiro atoms. The van der Waals surface area contributed by atoms with Crippen LogP contribution < -0.4 is 0 Å². The first kappa shape index (κ1) is 64.6. The van der Waals surface area contributed by atoms with Crippen molar-refractivity contribution in [2.24, 2.45) is 42.3 Å². The van der Waals surface area contributed by atoms with E-state index in [1.807, 2.05) is 70.6 Å². The average molecular weight is 1500 g/mol. The highest BCUT2D eigenvalue weighted by atomic mass is 32.2. The standard InChI is InChI=1S/C96H68N6S6/c1-97-79-25-13-7-19-61(79)73-43-55(31-37-85(73)97)103-91-49-67-68(50-92(91)104-56-32-38-86-74(44-56)62-20-8-14-26-80(62)98(86)2)70-52-94(106-58-34-40-88-76(46-58)64-22-10-16-28-82(64)100(88)4)96(108-60-36-42-90-78(48-60)66-24-12-18-30-84(66)102(90)6)54-72(70)71-53-95(107-59-35-41-89-77(47-59)65-23-11-17-29-83(65)101(89)5)93(51-69(67)71)105-57-33-39-87-75(45-57)63-21-9-15-27-81(63)99(87)3/h7-41,43-47,49-54H,42,48H2,1-6H3. The number of hydrogen-bond donors (Lipinski definition) is 0. The molecule has 1 aliphatic rings. The van der Waals surface area contributed by atoms with Gasteiger partial charge in [0, 0.05) is 235 Å². The molecule has 0 aliphatic heterocycles. The Hall–Kier alpha value is -10.5. The summed E-state index contributed by atoms with van der Waals surface area (Å²) in [5, 5.41) is 21.4.